The number of ketones is 1. The van der Waals surface area contributed by atoms with Crippen molar-refractivity contribution in [2.24, 2.45) is 0 Å². The molecule has 0 unspecified atom stereocenters. The van der Waals surface area contributed by atoms with Crippen molar-refractivity contribution < 1.29 is 19.4 Å². The van der Waals surface area contributed by atoms with Crippen molar-refractivity contribution in [2.45, 2.75) is 6.92 Å². The van der Waals surface area contributed by atoms with E-state index in [0.29, 0.717) is 28.6 Å². The Morgan fingerprint density at radius 2 is 2.00 bits per heavy atom. The summed E-state index contributed by atoms with van der Waals surface area (Å²) in [6.07, 6.45) is 0.894. The second-order valence-corrected chi connectivity index (χ2v) is 6.33. The highest BCUT2D eigenvalue weighted by molar-refractivity contribution is 7.22. The number of benzene rings is 2. The van der Waals surface area contributed by atoms with Crippen molar-refractivity contribution in [3.63, 3.8) is 0 Å². The number of aliphatic hydroxyl groups is 1. The molecule has 7 heteroatoms. The molecule has 1 amide bonds. The van der Waals surface area contributed by atoms with E-state index in [-0.39, 0.29) is 5.76 Å². The average molecular weight is 368 g/mol. The normalized spacial score (nSPS) is 11.3. The maximum Gasteiger partial charge on any atom is 0.298 e. The van der Waals surface area contributed by atoms with Gasteiger partial charge in [-0.25, -0.2) is 4.98 Å². The van der Waals surface area contributed by atoms with Gasteiger partial charge in [0, 0.05) is 11.6 Å². The van der Waals surface area contributed by atoms with Crippen LogP contribution in [-0.2, 0) is 9.59 Å². The number of carbonyl (C=O) groups is 2. The first-order chi connectivity index (χ1) is 12.6. The smallest absolute Gasteiger partial charge is 0.298 e. The van der Waals surface area contributed by atoms with Gasteiger partial charge in [-0.05, 0) is 25.1 Å². The van der Waals surface area contributed by atoms with Crippen LogP contribution in [0.25, 0.3) is 16.0 Å². The zero-order chi connectivity index (χ0) is 18.5. The van der Waals surface area contributed by atoms with E-state index in [4.69, 9.17) is 4.74 Å². The molecule has 132 valence electrons. The summed E-state index contributed by atoms with van der Waals surface area (Å²) in [7, 11) is 0. The number of aliphatic hydroxyl groups excluding tert-OH is 1. The van der Waals surface area contributed by atoms with Crippen LogP contribution in [0.4, 0.5) is 5.13 Å². The van der Waals surface area contributed by atoms with Gasteiger partial charge in [-0.3, -0.25) is 14.9 Å². The second-order valence-electron chi connectivity index (χ2n) is 5.30. The summed E-state index contributed by atoms with van der Waals surface area (Å²) in [6.45, 7) is 2.45. The van der Waals surface area contributed by atoms with Crippen molar-refractivity contribution in [1.82, 2.24) is 4.98 Å². The highest BCUT2D eigenvalue weighted by Gasteiger charge is 2.15. The van der Waals surface area contributed by atoms with Gasteiger partial charge in [0.15, 0.2) is 5.13 Å². The summed E-state index contributed by atoms with van der Waals surface area (Å²) in [6, 6.07) is 13.9. The van der Waals surface area contributed by atoms with Gasteiger partial charge in [0.25, 0.3) is 5.91 Å². The third kappa shape index (κ3) is 4.07. The SMILES string of the molecule is CCOc1ccc2nc(NC(=O)C(=O)/C=C(\O)c3ccccc3)sc2c1. The topological polar surface area (TPSA) is 88.5 Å². The third-order valence-corrected chi connectivity index (χ3v) is 4.39. The Bertz CT molecular complexity index is 980. The lowest BCUT2D eigenvalue weighted by atomic mass is 10.1. The number of carbonyl (C=O) groups excluding carboxylic acids is 2. The van der Waals surface area contributed by atoms with Crippen LogP contribution in [0.5, 0.6) is 5.75 Å². The van der Waals surface area contributed by atoms with Gasteiger partial charge < -0.3 is 9.84 Å². The molecule has 3 rings (SSSR count). The zero-order valence-corrected chi connectivity index (χ0v) is 14.7. The standard InChI is InChI=1S/C19H16N2O4S/c1-2-25-13-8-9-14-17(10-13)26-19(20-14)21-18(24)16(23)11-15(22)12-6-4-3-5-7-12/h3-11,22H,2H2,1H3,(H,20,21,24)/b15-11-. The molecular formula is C19H16N2O4S. The summed E-state index contributed by atoms with van der Waals surface area (Å²) >= 11 is 1.24. The number of ether oxygens (including phenoxy) is 1. The lowest BCUT2D eigenvalue weighted by Gasteiger charge is -2.00. The number of amides is 1. The van der Waals surface area contributed by atoms with Crippen LogP contribution in [0.15, 0.2) is 54.6 Å². The molecule has 2 N–H and O–H groups in total. The Labute approximate surface area is 153 Å². The number of aromatic nitrogens is 1. The minimum atomic E-state index is -0.864. The summed E-state index contributed by atoms with van der Waals surface area (Å²) in [4.78, 5) is 28.3. The number of nitrogens with zero attached hydrogens (tertiary/aromatic N) is 1. The number of nitrogens with one attached hydrogen (secondary N) is 1. The van der Waals surface area contributed by atoms with Crippen molar-refractivity contribution >= 4 is 44.1 Å². The fourth-order valence-electron chi connectivity index (χ4n) is 2.26. The highest BCUT2D eigenvalue weighted by Crippen LogP contribution is 2.29. The summed E-state index contributed by atoms with van der Waals surface area (Å²) in [5, 5.41) is 12.7. The first-order valence-electron chi connectivity index (χ1n) is 7.91. The fourth-order valence-corrected chi connectivity index (χ4v) is 3.14. The molecule has 26 heavy (non-hydrogen) atoms. The van der Waals surface area contributed by atoms with Crippen LogP contribution in [-0.4, -0.2) is 28.4 Å². The van der Waals surface area contributed by atoms with Gasteiger partial charge in [0.2, 0.25) is 5.78 Å². The molecule has 1 heterocycles. The van der Waals surface area contributed by atoms with Crippen molar-refractivity contribution in [1.29, 1.82) is 0 Å². The van der Waals surface area contributed by atoms with E-state index in [1.54, 1.807) is 42.5 Å². The van der Waals surface area contributed by atoms with Crippen molar-refractivity contribution in [3.05, 3.63) is 60.2 Å². The Morgan fingerprint density at radius 1 is 1.23 bits per heavy atom. The number of fused-ring (bicyclic) bond motifs is 1. The number of thiazole rings is 1. The molecule has 0 aliphatic carbocycles. The maximum absolute atomic E-state index is 12.1. The highest BCUT2D eigenvalue weighted by atomic mass is 32.1. The molecule has 6 nitrogen and oxygen atoms in total. The quantitative estimate of drug-likeness (QED) is 0.392. The Morgan fingerprint density at radius 3 is 2.73 bits per heavy atom. The minimum absolute atomic E-state index is 0.267. The van der Waals surface area contributed by atoms with Gasteiger partial charge in [0.05, 0.1) is 16.8 Å². The molecule has 0 spiro atoms. The van der Waals surface area contributed by atoms with Crippen LogP contribution in [0.1, 0.15) is 12.5 Å². The molecule has 0 fully saturated rings. The Hall–Kier alpha value is -3.19. The van der Waals surface area contributed by atoms with E-state index in [0.717, 1.165) is 10.8 Å². The van der Waals surface area contributed by atoms with Gasteiger partial charge in [-0.1, -0.05) is 41.7 Å². The molecule has 1 aromatic heterocycles. The Kier molecular flexibility index (Phi) is 5.28. The second kappa shape index (κ2) is 7.79. The lowest BCUT2D eigenvalue weighted by Crippen LogP contribution is -2.21. The molecule has 0 atom stereocenters. The van der Waals surface area contributed by atoms with Gasteiger partial charge in [-0.2, -0.15) is 0 Å². The molecule has 0 saturated carbocycles. The van der Waals surface area contributed by atoms with Gasteiger partial charge in [0.1, 0.15) is 11.5 Å². The fraction of sp³-hybridized carbons (Fsp3) is 0.105. The number of hydrogen-bond acceptors (Lipinski definition) is 6. The predicted molar refractivity (Wildman–Crippen MR) is 101 cm³/mol. The molecular weight excluding hydrogens is 352 g/mol. The molecule has 0 saturated heterocycles. The predicted octanol–water partition coefficient (Wildman–Crippen LogP) is 3.80. The van der Waals surface area contributed by atoms with Crippen LogP contribution in [0.2, 0.25) is 0 Å². The number of anilines is 1. The first-order valence-corrected chi connectivity index (χ1v) is 8.73. The summed E-state index contributed by atoms with van der Waals surface area (Å²) in [5.74, 6) is -1.28. The van der Waals surface area contributed by atoms with E-state index in [2.05, 4.69) is 10.3 Å². The van der Waals surface area contributed by atoms with Crippen molar-refractivity contribution in [3.8, 4) is 5.75 Å². The van der Waals surface area contributed by atoms with Gasteiger partial charge >= 0.3 is 0 Å². The minimum Gasteiger partial charge on any atom is -0.507 e. The molecule has 0 bridgehead atoms. The third-order valence-electron chi connectivity index (χ3n) is 3.45. The number of rotatable bonds is 6. The first kappa shape index (κ1) is 17.6. The molecule has 0 radical (unpaired) electrons. The molecule has 2 aromatic carbocycles. The summed E-state index contributed by atoms with van der Waals surface area (Å²) in [5.41, 5.74) is 1.15. The van der Waals surface area contributed by atoms with E-state index in [9.17, 15) is 14.7 Å². The van der Waals surface area contributed by atoms with Crippen LogP contribution in [0, 0.1) is 0 Å². The lowest BCUT2D eigenvalue weighted by molar-refractivity contribution is -0.131. The molecule has 0 aliphatic heterocycles. The van der Waals surface area contributed by atoms with E-state index in [1.807, 2.05) is 13.0 Å². The molecule has 3 aromatic rings. The van der Waals surface area contributed by atoms with E-state index in [1.165, 1.54) is 11.3 Å². The zero-order valence-electron chi connectivity index (χ0n) is 13.9. The Balaban J connectivity index is 1.73. The monoisotopic (exact) mass is 368 g/mol. The van der Waals surface area contributed by atoms with Crippen LogP contribution in [0.3, 0.4) is 0 Å². The average Bonchev–Trinajstić information content (AvgIpc) is 3.04. The van der Waals surface area contributed by atoms with Crippen LogP contribution < -0.4 is 10.1 Å². The van der Waals surface area contributed by atoms with Crippen LogP contribution >= 0.6 is 11.3 Å². The maximum atomic E-state index is 12.1. The van der Waals surface area contributed by atoms with Gasteiger partial charge in [-0.15, -0.1) is 0 Å². The summed E-state index contributed by atoms with van der Waals surface area (Å²) < 4.78 is 6.26. The number of hydrogen-bond donors (Lipinski definition) is 2. The van der Waals surface area contributed by atoms with E-state index < -0.39 is 11.7 Å². The molecule has 0 aliphatic rings. The van der Waals surface area contributed by atoms with E-state index >= 15 is 0 Å². The van der Waals surface area contributed by atoms with Crippen molar-refractivity contribution in [2.75, 3.05) is 11.9 Å². The largest absolute Gasteiger partial charge is 0.507 e.